The van der Waals surface area contributed by atoms with Gasteiger partial charge >= 0.3 is 0 Å². The van der Waals surface area contributed by atoms with Crippen LogP contribution in [0.4, 0.5) is 0 Å². The van der Waals surface area contributed by atoms with Crippen LogP contribution in [0.5, 0.6) is 0 Å². The second kappa shape index (κ2) is 14.0. The Bertz CT molecular complexity index is 961. The monoisotopic (exact) mass is 456 g/mol. The Morgan fingerprint density at radius 1 is 0.559 bits per heavy atom. The van der Waals surface area contributed by atoms with E-state index in [0.717, 1.165) is 48.2 Å². The van der Waals surface area contributed by atoms with Gasteiger partial charge in [-0.1, -0.05) is 90.0 Å². The predicted octanol–water partition coefficient (Wildman–Crippen LogP) is 9.92. The molecule has 1 heterocycles. The summed E-state index contributed by atoms with van der Waals surface area (Å²) in [4.78, 5) is 0. The topological polar surface area (TPSA) is 25.3 Å². The first kappa shape index (κ1) is 26.1. The van der Waals surface area contributed by atoms with Crippen LogP contribution < -0.4 is 0 Å². The molecule has 2 aromatic rings. The summed E-state index contributed by atoms with van der Waals surface area (Å²) in [5, 5.41) is 0. The van der Waals surface area contributed by atoms with E-state index in [2.05, 4.69) is 75.4 Å². The van der Waals surface area contributed by atoms with Gasteiger partial charge in [-0.3, -0.25) is 0 Å². The highest BCUT2D eigenvalue weighted by atomic mass is 15.2. The Hall–Kier alpha value is -2.48. The van der Waals surface area contributed by atoms with Gasteiger partial charge in [-0.2, -0.15) is 0 Å². The molecular formula is C32H44N2. The maximum absolute atomic E-state index is 11.3. The van der Waals surface area contributed by atoms with E-state index in [1.165, 1.54) is 79.2 Å². The van der Waals surface area contributed by atoms with Crippen LogP contribution in [0.25, 0.3) is 16.9 Å². The molecule has 3 rings (SSSR count). The van der Waals surface area contributed by atoms with Gasteiger partial charge in [0, 0.05) is 22.8 Å². The summed E-state index contributed by atoms with van der Waals surface area (Å²) >= 11 is 0. The number of hydrogen-bond acceptors (Lipinski definition) is 0. The summed E-state index contributed by atoms with van der Waals surface area (Å²) in [6.45, 7) is 6.74. The van der Waals surface area contributed by atoms with E-state index >= 15 is 0 Å². The van der Waals surface area contributed by atoms with E-state index in [1.54, 1.807) is 0 Å². The van der Waals surface area contributed by atoms with Crippen molar-refractivity contribution in [2.75, 3.05) is 0 Å². The predicted molar refractivity (Wildman–Crippen MR) is 147 cm³/mol. The standard InChI is InChI=1S/C32H44N2/c1-4-7-10-12-15-27-19-23-29(24-20-27)32-30(16-13-11-8-5-2)25-31(34(32)33)28-21-17-26(18-22-28)14-9-6-3/h17-25H,4-16H2,1-3H3. The quantitative estimate of drug-likeness (QED) is 0.188. The van der Waals surface area contributed by atoms with Crippen LogP contribution in [0.15, 0.2) is 60.2 Å². The molecule has 0 N–H and O–H groups in total. The Morgan fingerprint density at radius 3 is 1.62 bits per heavy atom. The van der Waals surface area contributed by atoms with Crippen molar-refractivity contribution in [2.45, 2.75) is 104 Å². The number of nitrogens with zero attached hydrogens (tertiary/aromatic N) is 2. The zero-order chi connectivity index (χ0) is 24.2. The lowest BCUT2D eigenvalue weighted by Gasteiger charge is -2.11. The van der Waals surface area contributed by atoms with Crippen molar-refractivity contribution >= 4 is 11.4 Å². The molecule has 2 nitrogen and oxygen atoms in total. The second-order valence-corrected chi connectivity index (χ2v) is 9.83. The van der Waals surface area contributed by atoms with Gasteiger partial charge in [-0.15, -0.1) is 0 Å². The SMILES string of the molecule is CCCCCCC1=C(c2ccc(CCCCCC)cc2)[N+](=[N-])C(c2ccc(CCCC)cc2)=C1. The summed E-state index contributed by atoms with van der Waals surface area (Å²) in [5.74, 6) is 0. The lowest BCUT2D eigenvalue weighted by molar-refractivity contribution is -0.344. The third-order valence-corrected chi connectivity index (χ3v) is 6.97. The van der Waals surface area contributed by atoms with E-state index < -0.39 is 0 Å². The minimum Gasteiger partial charge on any atom is -0.493 e. The van der Waals surface area contributed by atoms with Crippen LogP contribution in [0.3, 0.4) is 0 Å². The highest BCUT2D eigenvalue weighted by Gasteiger charge is 2.28. The van der Waals surface area contributed by atoms with Crippen LogP contribution in [0, 0.1) is 0 Å². The smallest absolute Gasteiger partial charge is 0.210 e. The molecule has 0 saturated carbocycles. The highest BCUT2D eigenvalue weighted by molar-refractivity contribution is 5.78. The first-order valence-corrected chi connectivity index (χ1v) is 13.8. The average Bonchev–Trinajstić information content (AvgIpc) is 3.19. The summed E-state index contributed by atoms with van der Waals surface area (Å²) < 4.78 is 1.44. The van der Waals surface area contributed by atoms with E-state index in [9.17, 15) is 5.53 Å². The van der Waals surface area contributed by atoms with Crippen molar-refractivity contribution in [1.29, 1.82) is 0 Å². The van der Waals surface area contributed by atoms with Gasteiger partial charge in [-0.05, 0) is 73.9 Å². The first-order chi connectivity index (χ1) is 16.7. The van der Waals surface area contributed by atoms with Crippen molar-refractivity contribution in [3.05, 3.63) is 88.0 Å². The summed E-state index contributed by atoms with van der Waals surface area (Å²) in [6.07, 6.45) is 18.0. The Morgan fingerprint density at radius 2 is 1.06 bits per heavy atom. The minimum absolute atomic E-state index is 0.895. The van der Waals surface area contributed by atoms with Crippen LogP contribution in [-0.4, -0.2) is 4.70 Å². The van der Waals surface area contributed by atoms with Crippen molar-refractivity contribution in [3.63, 3.8) is 0 Å². The Labute approximate surface area is 208 Å². The lowest BCUT2D eigenvalue weighted by atomic mass is 9.99. The van der Waals surface area contributed by atoms with Crippen LogP contribution in [-0.2, 0) is 12.8 Å². The van der Waals surface area contributed by atoms with Gasteiger partial charge in [0.1, 0.15) is 0 Å². The number of allylic oxidation sites excluding steroid dienone is 2. The second-order valence-electron chi connectivity index (χ2n) is 9.83. The van der Waals surface area contributed by atoms with Gasteiger partial charge in [-0.25, -0.2) is 4.70 Å². The number of hydrogen-bond donors (Lipinski definition) is 0. The molecule has 0 radical (unpaired) electrons. The molecule has 0 fully saturated rings. The van der Waals surface area contributed by atoms with Crippen molar-refractivity contribution in [3.8, 4) is 0 Å². The molecule has 1 aliphatic rings. The molecule has 0 amide bonds. The molecule has 0 unspecified atom stereocenters. The van der Waals surface area contributed by atoms with E-state index in [0.29, 0.717) is 0 Å². The van der Waals surface area contributed by atoms with Gasteiger partial charge in [0.05, 0.1) is 0 Å². The maximum Gasteiger partial charge on any atom is 0.210 e. The maximum atomic E-state index is 11.3. The molecule has 0 aromatic heterocycles. The van der Waals surface area contributed by atoms with Gasteiger partial charge in [0.2, 0.25) is 11.4 Å². The van der Waals surface area contributed by atoms with Gasteiger partial charge in [0.25, 0.3) is 0 Å². The third-order valence-electron chi connectivity index (χ3n) is 6.97. The molecule has 0 bridgehead atoms. The minimum atomic E-state index is 0.895. The molecule has 2 aromatic carbocycles. The third kappa shape index (κ3) is 7.26. The molecule has 182 valence electrons. The van der Waals surface area contributed by atoms with Gasteiger partial charge < -0.3 is 5.53 Å². The first-order valence-electron chi connectivity index (χ1n) is 13.8. The fourth-order valence-electron chi connectivity index (χ4n) is 4.81. The van der Waals surface area contributed by atoms with Crippen LogP contribution in [0.1, 0.15) is 114 Å². The molecule has 34 heavy (non-hydrogen) atoms. The van der Waals surface area contributed by atoms with Crippen molar-refractivity contribution < 1.29 is 4.70 Å². The number of rotatable bonds is 15. The fraction of sp³-hybridized carbons (Fsp3) is 0.500. The molecular weight excluding hydrogens is 412 g/mol. The highest BCUT2D eigenvalue weighted by Crippen LogP contribution is 2.37. The molecule has 0 saturated heterocycles. The molecule has 0 atom stereocenters. The van der Waals surface area contributed by atoms with Crippen molar-refractivity contribution in [1.82, 2.24) is 0 Å². The summed E-state index contributed by atoms with van der Waals surface area (Å²) in [5.41, 5.74) is 19.4. The molecule has 0 spiro atoms. The molecule has 0 aliphatic carbocycles. The zero-order valence-electron chi connectivity index (χ0n) is 21.8. The molecule has 2 heteroatoms. The Kier molecular flexibility index (Phi) is 10.8. The summed E-state index contributed by atoms with van der Waals surface area (Å²) in [6, 6.07) is 17.6. The normalized spacial score (nSPS) is 13.6. The van der Waals surface area contributed by atoms with E-state index in [4.69, 9.17) is 0 Å². The number of aryl methyl sites for hydroxylation is 2. The fourth-order valence-corrected chi connectivity index (χ4v) is 4.81. The summed E-state index contributed by atoms with van der Waals surface area (Å²) in [7, 11) is 0. The largest absolute Gasteiger partial charge is 0.493 e. The van der Waals surface area contributed by atoms with Gasteiger partial charge in [0.15, 0.2) is 0 Å². The van der Waals surface area contributed by atoms with Crippen LogP contribution in [0.2, 0.25) is 0 Å². The zero-order valence-corrected chi connectivity index (χ0v) is 21.8. The average molecular weight is 457 g/mol. The number of unbranched alkanes of at least 4 members (excludes halogenated alkanes) is 7. The molecule has 1 aliphatic heterocycles. The van der Waals surface area contributed by atoms with E-state index in [1.807, 2.05) is 0 Å². The van der Waals surface area contributed by atoms with Crippen molar-refractivity contribution in [2.24, 2.45) is 0 Å². The Balaban J connectivity index is 1.78. The lowest BCUT2D eigenvalue weighted by Crippen LogP contribution is -2.02. The van der Waals surface area contributed by atoms with Crippen LogP contribution >= 0.6 is 0 Å². The number of benzene rings is 2. The van der Waals surface area contributed by atoms with E-state index in [-0.39, 0.29) is 0 Å².